The van der Waals surface area contributed by atoms with Crippen molar-refractivity contribution in [2.45, 2.75) is 31.1 Å². The minimum Gasteiger partial charge on any atom is -0.454 e. The first kappa shape index (κ1) is 18.7. The summed E-state index contributed by atoms with van der Waals surface area (Å²) < 4.78 is 17.7. The van der Waals surface area contributed by atoms with Crippen LogP contribution in [0.2, 0.25) is 0 Å². The molecule has 1 amide bonds. The fourth-order valence-corrected chi connectivity index (χ4v) is 4.66. The molecule has 154 valence electrons. The van der Waals surface area contributed by atoms with Gasteiger partial charge >= 0.3 is 0 Å². The van der Waals surface area contributed by atoms with E-state index >= 15 is 0 Å². The Morgan fingerprint density at radius 2 is 2.13 bits per heavy atom. The van der Waals surface area contributed by atoms with Crippen molar-refractivity contribution >= 4 is 17.7 Å². The van der Waals surface area contributed by atoms with Crippen LogP contribution in [0.3, 0.4) is 0 Å². The second-order valence-electron chi connectivity index (χ2n) is 7.08. The Labute approximate surface area is 175 Å². The number of hydrogen-bond donors (Lipinski definition) is 1. The van der Waals surface area contributed by atoms with Crippen molar-refractivity contribution < 1.29 is 18.8 Å². The molecule has 0 aliphatic carbocycles. The van der Waals surface area contributed by atoms with Gasteiger partial charge in [0.25, 0.3) is 5.56 Å². The summed E-state index contributed by atoms with van der Waals surface area (Å²) in [5, 5.41) is 7.53. The van der Waals surface area contributed by atoms with Gasteiger partial charge in [0.2, 0.25) is 12.7 Å². The zero-order valence-electron chi connectivity index (χ0n) is 16.1. The molecule has 4 heterocycles. The second kappa shape index (κ2) is 7.52. The Kier molecular flexibility index (Phi) is 4.70. The lowest BCUT2D eigenvalue weighted by Gasteiger charge is -2.12. The smallest absolute Gasteiger partial charge is 0.254 e. The van der Waals surface area contributed by atoms with Gasteiger partial charge in [-0.25, -0.2) is 4.98 Å². The molecule has 1 atom stereocenters. The Morgan fingerprint density at radius 3 is 3.03 bits per heavy atom. The normalized spacial score (nSPS) is 16.5. The average Bonchev–Trinajstić information content (AvgIpc) is 3.45. The molecule has 0 unspecified atom stereocenters. The standard InChI is InChI=1S/C20H18N4O5S/c1-11-4-19(26)24-14(9-30-20(24)22-11)7-18(25)21-8-13-6-16(29-23-13)12-2-3-15-17(5-12)28-10-27-15/h2-6,14H,7-10H2,1H3,(H,21,25)/t14-/m1/s1. The summed E-state index contributed by atoms with van der Waals surface area (Å²) >= 11 is 1.50. The van der Waals surface area contributed by atoms with Gasteiger partial charge < -0.3 is 19.3 Å². The monoisotopic (exact) mass is 426 g/mol. The zero-order valence-corrected chi connectivity index (χ0v) is 16.9. The molecule has 2 aliphatic heterocycles. The highest BCUT2D eigenvalue weighted by Gasteiger charge is 2.27. The summed E-state index contributed by atoms with van der Waals surface area (Å²) in [7, 11) is 0. The number of carbonyl (C=O) groups is 1. The third kappa shape index (κ3) is 3.54. The molecule has 0 saturated carbocycles. The lowest BCUT2D eigenvalue weighted by atomic mass is 10.1. The van der Waals surface area contributed by atoms with Crippen molar-refractivity contribution in [2.75, 3.05) is 12.5 Å². The largest absolute Gasteiger partial charge is 0.454 e. The SMILES string of the molecule is Cc1cc(=O)n2c(n1)SC[C@H]2CC(=O)NCc1cc(-c2ccc3c(c2)OCO3)on1. The summed E-state index contributed by atoms with van der Waals surface area (Å²) in [6.07, 6.45) is 0.206. The molecular weight excluding hydrogens is 408 g/mol. The predicted octanol–water partition coefficient (Wildman–Crippen LogP) is 2.29. The molecule has 0 bridgehead atoms. The lowest BCUT2D eigenvalue weighted by Crippen LogP contribution is -2.30. The van der Waals surface area contributed by atoms with Gasteiger partial charge in [-0.1, -0.05) is 16.9 Å². The first-order chi connectivity index (χ1) is 14.6. The lowest BCUT2D eigenvalue weighted by molar-refractivity contribution is -0.121. The van der Waals surface area contributed by atoms with Crippen LogP contribution in [0.25, 0.3) is 11.3 Å². The molecule has 0 radical (unpaired) electrons. The first-order valence-corrected chi connectivity index (χ1v) is 10.4. The third-order valence-corrected chi connectivity index (χ3v) is 6.02. The Morgan fingerprint density at radius 1 is 1.27 bits per heavy atom. The van der Waals surface area contributed by atoms with Gasteiger partial charge in [-0.2, -0.15) is 0 Å². The highest BCUT2D eigenvalue weighted by Crippen LogP contribution is 2.36. The van der Waals surface area contributed by atoms with Crippen molar-refractivity contribution in [1.29, 1.82) is 0 Å². The van der Waals surface area contributed by atoms with E-state index in [2.05, 4.69) is 15.5 Å². The third-order valence-electron chi connectivity index (χ3n) is 4.92. The average molecular weight is 426 g/mol. The molecule has 0 spiro atoms. The summed E-state index contributed by atoms with van der Waals surface area (Å²) in [6, 6.07) is 8.57. The van der Waals surface area contributed by atoms with Gasteiger partial charge in [0.05, 0.1) is 12.6 Å². The Bertz CT molecular complexity index is 1190. The van der Waals surface area contributed by atoms with E-state index in [4.69, 9.17) is 14.0 Å². The predicted molar refractivity (Wildman–Crippen MR) is 108 cm³/mol. The van der Waals surface area contributed by atoms with E-state index in [1.807, 2.05) is 18.2 Å². The molecule has 10 heteroatoms. The van der Waals surface area contributed by atoms with Crippen LogP contribution in [-0.2, 0) is 11.3 Å². The van der Waals surface area contributed by atoms with Crippen LogP contribution in [0.15, 0.2) is 44.8 Å². The van der Waals surface area contributed by atoms with Crippen LogP contribution >= 0.6 is 11.8 Å². The van der Waals surface area contributed by atoms with Crippen LogP contribution in [0.4, 0.5) is 0 Å². The molecular formula is C20H18N4O5S. The van der Waals surface area contributed by atoms with Crippen molar-refractivity contribution in [3.05, 3.63) is 52.1 Å². The number of nitrogens with one attached hydrogen (secondary N) is 1. The van der Waals surface area contributed by atoms with Gasteiger partial charge in [0.15, 0.2) is 22.4 Å². The quantitative estimate of drug-likeness (QED) is 0.619. The summed E-state index contributed by atoms with van der Waals surface area (Å²) in [6.45, 7) is 2.23. The maximum absolute atomic E-state index is 12.4. The number of amides is 1. The van der Waals surface area contributed by atoms with E-state index in [1.165, 1.54) is 17.8 Å². The first-order valence-electron chi connectivity index (χ1n) is 9.42. The summed E-state index contributed by atoms with van der Waals surface area (Å²) in [5.74, 6) is 2.42. The minimum atomic E-state index is -0.202. The van der Waals surface area contributed by atoms with Crippen LogP contribution in [0, 0.1) is 6.92 Å². The van der Waals surface area contributed by atoms with Crippen molar-refractivity contribution in [3.63, 3.8) is 0 Å². The number of hydrogen-bond acceptors (Lipinski definition) is 8. The van der Waals surface area contributed by atoms with Crippen molar-refractivity contribution in [1.82, 2.24) is 20.0 Å². The fraction of sp³-hybridized carbons (Fsp3) is 0.300. The van der Waals surface area contributed by atoms with Crippen LogP contribution in [0.5, 0.6) is 11.5 Å². The van der Waals surface area contributed by atoms with Gasteiger partial charge in [-0.3, -0.25) is 14.2 Å². The van der Waals surface area contributed by atoms with E-state index in [1.54, 1.807) is 17.6 Å². The molecule has 1 N–H and O–H groups in total. The topological polar surface area (TPSA) is 108 Å². The molecule has 2 aromatic heterocycles. The number of benzene rings is 1. The molecule has 3 aromatic rings. The van der Waals surface area contributed by atoms with Gasteiger partial charge in [0.1, 0.15) is 5.69 Å². The molecule has 0 saturated heterocycles. The Hall–Kier alpha value is -3.27. The zero-order chi connectivity index (χ0) is 20.7. The number of nitrogens with zero attached hydrogens (tertiary/aromatic N) is 3. The van der Waals surface area contributed by atoms with Crippen molar-refractivity contribution in [3.8, 4) is 22.8 Å². The number of fused-ring (bicyclic) bond motifs is 2. The molecule has 0 fully saturated rings. The van der Waals surface area contributed by atoms with Gasteiger partial charge in [-0.05, 0) is 25.1 Å². The van der Waals surface area contributed by atoms with E-state index in [0.29, 0.717) is 39.6 Å². The summed E-state index contributed by atoms with van der Waals surface area (Å²) in [5.41, 5.74) is 1.98. The minimum absolute atomic E-state index is 0.120. The summed E-state index contributed by atoms with van der Waals surface area (Å²) in [4.78, 5) is 29.0. The highest BCUT2D eigenvalue weighted by molar-refractivity contribution is 7.99. The number of carbonyl (C=O) groups excluding carboxylic acids is 1. The maximum Gasteiger partial charge on any atom is 0.254 e. The number of rotatable bonds is 5. The molecule has 5 rings (SSSR count). The second-order valence-corrected chi connectivity index (χ2v) is 8.07. The molecule has 9 nitrogen and oxygen atoms in total. The number of aryl methyl sites for hydroxylation is 1. The van der Waals surface area contributed by atoms with E-state index < -0.39 is 0 Å². The molecule has 30 heavy (non-hydrogen) atoms. The van der Waals surface area contributed by atoms with Gasteiger partial charge in [0, 0.05) is 35.6 Å². The molecule has 1 aromatic carbocycles. The fourth-order valence-electron chi connectivity index (χ4n) is 3.47. The van der Waals surface area contributed by atoms with Crippen LogP contribution in [0.1, 0.15) is 23.9 Å². The van der Waals surface area contributed by atoms with E-state index in [-0.39, 0.29) is 37.3 Å². The number of ether oxygens (including phenoxy) is 2. The highest BCUT2D eigenvalue weighted by atomic mass is 32.2. The van der Waals surface area contributed by atoms with E-state index in [0.717, 1.165) is 5.56 Å². The number of aromatic nitrogens is 3. The van der Waals surface area contributed by atoms with Gasteiger partial charge in [-0.15, -0.1) is 0 Å². The van der Waals surface area contributed by atoms with Crippen LogP contribution < -0.4 is 20.3 Å². The van der Waals surface area contributed by atoms with E-state index in [9.17, 15) is 9.59 Å². The van der Waals surface area contributed by atoms with Crippen LogP contribution in [-0.4, -0.2) is 33.2 Å². The van der Waals surface area contributed by atoms with Crippen molar-refractivity contribution in [2.24, 2.45) is 0 Å². The maximum atomic E-state index is 12.4. The number of thioether (sulfide) groups is 1. The Balaban J connectivity index is 1.21. The molecule has 2 aliphatic rings.